The fourth-order valence-electron chi connectivity index (χ4n) is 2.81. The Morgan fingerprint density at radius 1 is 1.20 bits per heavy atom. The van der Waals surface area contributed by atoms with Crippen LogP contribution in [-0.2, 0) is 0 Å². The summed E-state index contributed by atoms with van der Waals surface area (Å²) in [5.74, 6) is 0.372. The molecule has 1 aromatic rings. The summed E-state index contributed by atoms with van der Waals surface area (Å²) in [6.07, 6.45) is 0.937. The van der Waals surface area contributed by atoms with E-state index in [9.17, 15) is 4.79 Å². The van der Waals surface area contributed by atoms with Gasteiger partial charge in [0.25, 0.3) is 0 Å². The minimum Gasteiger partial charge on any atom is -0.330 e. The number of carbonyl (C=O) groups is 1. The second-order valence-corrected chi connectivity index (χ2v) is 5.76. The van der Waals surface area contributed by atoms with Gasteiger partial charge in [-0.2, -0.15) is 0 Å². The molecule has 2 rings (SSSR count). The van der Waals surface area contributed by atoms with Gasteiger partial charge in [0.15, 0.2) is 0 Å². The highest BCUT2D eigenvalue weighted by atomic mass is 16.2. The minimum absolute atomic E-state index is 0.118. The van der Waals surface area contributed by atoms with Gasteiger partial charge in [-0.25, -0.2) is 4.79 Å². The van der Waals surface area contributed by atoms with Crippen LogP contribution in [0.2, 0.25) is 0 Å². The maximum atomic E-state index is 12.5. The summed E-state index contributed by atoms with van der Waals surface area (Å²) in [4.78, 5) is 16.3. The maximum absolute atomic E-state index is 12.5. The lowest BCUT2D eigenvalue weighted by Gasteiger charge is -2.25. The smallest absolute Gasteiger partial charge is 0.324 e. The number of nitrogens with zero attached hydrogens (tertiary/aromatic N) is 2. The molecule has 0 spiro atoms. The van der Waals surface area contributed by atoms with Gasteiger partial charge in [-0.1, -0.05) is 25.1 Å². The van der Waals surface area contributed by atoms with Crippen LogP contribution in [0.25, 0.3) is 0 Å². The van der Waals surface area contributed by atoms with Gasteiger partial charge in [-0.05, 0) is 44.4 Å². The van der Waals surface area contributed by atoms with Crippen molar-refractivity contribution in [2.24, 2.45) is 5.73 Å². The lowest BCUT2D eigenvalue weighted by atomic mass is 9.95. The van der Waals surface area contributed by atoms with Gasteiger partial charge in [-0.3, -0.25) is 4.90 Å². The average molecular weight is 275 g/mol. The van der Waals surface area contributed by atoms with Gasteiger partial charge in [0.1, 0.15) is 0 Å². The van der Waals surface area contributed by atoms with Crippen molar-refractivity contribution in [3.63, 3.8) is 0 Å². The molecule has 0 radical (unpaired) electrons. The summed E-state index contributed by atoms with van der Waals surface area (Å²) in [6.45, 7) is 8.53. The van der Waals surface area contributed by atoms with Crippen LogP contribution in [0.15, 0.2) is 24.3 Å². The third kappa shape index (κ3) is 2.80. The SMILES string of the molecule is CC(CCN)c1ccccc1N1CCN(C(C)C)C1=O. The van der Waals surface area contributed by atoms with Gasteiger partial charge in [0, 0.05) is 24.8 Å². The van der Waals surface area contributed by atoms with Crippen LogP contribution in [0.4, 0.5) is 10.5 Å². The molecule has 2 N–H and O–H groups in total. The molecule has 0 aliphatic carbocycles. The summed E-state index contributed by atoms with van der Waals surface area (Å²) < 4.78 is 0. The van der Waals surface area contributed by atoms with E-state index in [0.717, 1.165) is 25.2 Å². The Kier molecular flexibility index (Phi) is 4.65. The van der Waals surface area contributed by atoms with E-state index in [0.29, 0.717) is 12.5 Å². The molecule has 0 aromatic heterocycles. The van der Waals surface area contributed by atoms with Crippen molar-refractivity contribution in [3.05, 3.63) is 29.8 Å². The van der Waals surface area contributed by atoms with Crippen molar-refractivity contribution in [2.75, 3.05) is 24.5 Å². The first kappa shape index (κ1) is 14.9. The quantitative estimate of drug-likeness (QED) is 0.898. The van der Waals surface area contributed by atoms with Crippen molar-refractivity contribution in [1.82, 2.24) is 4.90 Å². The van der Waals surface area contributed by atoms with Crippen molar-refractivity contribution in [1.29, 1.82) is 0 Å². The summed E-state index contributed by atoms with van der Waals surface area (Å²) in [7, 11) is 0. The molecule has 1 aliphatic heterocycles. The van der Waals surface area contributed by atoms with Crippen molar-refractivity contribution in [2.45, 2.75) is 39.2 Å². The number of hydrogen-bond acceptors (Lipinski definition) is 2. The highest BCUT2D eigenvalue weighted by Gasteiger charge is 2.32. The number of anilines is 1. The number of carbonyl (C=O) groups excluding carboxylic acids is 1. The van der Waals surface area contributed by atoms with E-state index in [1.54, 1.807) is 0 Å². The second kappa shape index (κ2) is 6.27. The van der Waals surface area contributed by atoms with Crippen LogP contribution in [0.3, 0.4) is 0 Å². The maximum Gasteiger partial charge on any atom is 0.324 e. The molecule has 1 aliphatic rings. The Labute approximate surface area is 121 Å². The second-order valence-electron chi connectivity index (χ2n) is 5.76. The third-order valence-corrected chi connectivity index (χ3v) is 4.02. The molecule has 1 saturated heterocycles. The van der Waals surface area contributed by atoms with Crippen molar-refractivity contribution < 1.29 is 4.79 Å². The molecule has 0 bridgehead atoms. The first-order valence-corrected chi connectivity index (χ1v) is 7.43. The Hall–Kier alpha value is -1.55. The first-order chi connectivity index (χ1) is 9.56. The predicted molar refractivity (Wildman–Crippen MR) is 83.1 cm³/mol. The monoisotopic (exact) mass is 275 g/mol. The van der Waals surface area contributed by atoms with E-state index in [-0.39, 0.29) is 12.1 Å². The summed E-state index contributed by atoms with van der Waals surface area (Å²) in [5, 5.41) is 0. The molecule has 4 nitrogen and oxygen atoms in total. The summed E-state index contributed by atoms with van der Waals surface area (Å²) in [6, 6.07) is 8.56. The van der Waals surface area contributed by atoms with Gasteiger partial charge >= 0.3 is 6.03 Å². The molecule has 1 fully saturated rings. The van der Waals surface area contributed by atoms with Gasteiger partial charge in [-0.15, -0.1) is 0 Å². The van der Waals surface area contributed by atoms with E-state index in [2.05, 4.69) is 26.8 Å². The molecule has 110 valence electrons. The topological polar surface area (TPSA) is 49.6 Å². The number of rotatable bonds is 5. The van der Waals surface area contributed by atoms with Crippen LogP contribution in [0, 0.1) is 0 Å². The number of amides is 2. The number of hydrogen-bond donors (Lipinski definition) is 1. The Morgan fingerprint density at radius 3 is 2.50 bits per heavy atom. The average Bonchev–Trinajstić information content (AvgIpc) is 2.81. The van der Waals surface area contributed by atoms with E-state index in [4.69, 9.17) is 5.73 Å². The number of benzene rings is 1. The zero-order valence-electron chi connectivity index (χ0n) is 12.7. The molecule has 1 atom stereocenters. The molecule has 4 heteroatoms. The van der Waals surface area contributed by atoms with E-state index in [1.165, 1.54) is 5.56 Å². The van der Waals surface area contributed by atoms with Gasteiger partial charge in [0.05, 0.1) is 0 Å². The summed E-state index contributed by atoms with van der Waals surface area (Å²) in [5.41, 5.74) is 7.93. The largest absolute Gasteiger partial charge is 0.330 e. The van der Waals surface area contributed by atoms with Crippen LogP contribution in [-0.4, -0.2) is 36.6 Å². The van der Waals surface area contributed by atoms with Crippen LogP contribution in [0.5, 0.6) is 0 Å². The van der Waals surface area contributed by atoms with E-state index >= 15 is 0 Å². The summed E-state index contributed by atoms with van der Waals surface area (Å²) >= 11 is 0. The molecule has 1 heterocycles. The van der Waals surface area contributed by atoms with Gasteiger partial charge in [0.2, 0.25) is 0 Å². The van der Waals surface area contributed by atoms with E-state index < -0.39 is 0 Å². The first-order valence-electron chi connectivity index (χ1n) is 7.43. The standard InChI is InChI=1S/C16H25N3O/c1-12(2)18-10-11-19(16(18)20)15-7-5-4-6-14(15)13(3)8-9-17/h4-7,12-13H,8-11,17H2,1-3H3. The Morgan fingerprint density at radius 2 is 1.90 bits per heavy atom. The number of urea groups is 1. The zero-order chi connectivity index (χ0) is 14.7. The fraction of sp³-hybridized carbons (Fsp3) is 0.562. The molecule has 0 saturated carbocycles. The van der Waals surface area contributed by atoms with Crippen LogP contribution >= 0.6 is 0 Å². The Balaban J connectivity index is 2.28. The van der Waals surface area contributed by atoms with Gasteiger partial charge < -0.3 is 10.6 Å². The van der Waals surface area contributed by atoms with E-state index in [1.807, 2.05) is 28.0 Å². The zero-order valence-corrected chi connectivity index (χ0v) is 12.7. The highest BCUT2D eigenvalue weighted by Crippen LogP contribution is 2.31. The predicted octanol–water partition coefficient (Wildman–Crippen LogP) is 2.79. The molecular formula is C16H25N3O. The highest BCUT2D eigenvalue weighted by molar-refractivity contribution is 5.95. The minimum atomic E-state index is 0.118. The molecule has 1 unspecified atom stereocenters. The van der Waals surface area contributed by atoms with Crippen LogP contribution in [0.1, 0.15) is 38.7 Å². The molecule has 20 heavy (non-hydrogen) atoms. The number of nitrogens with two attached hydrogens (primary N) is 1. The normalized spacial score (nSPS) is 17.1. The fourth-order valence-corrected chi connectivity index (χ4v) is 2.81. The van der Waals surface area contributed by atoms with Crippen molar-refractivity contribution >= 4 is 11.7 Å². The third-order valence-electron chi connectivity index (χ3n) is 4.02. The Bertz CT molecular complexity index is 473. The van der Waals surface area contributed by atoms with Crippen LogP contribution < -0.4 is 10.6 Å². The lowest BCUT2D eigenvalue weighted by Crippen LogP contribution is -2.36. The lowest BCUT2D eigenvalue weighted by molar-refractivity contribution is 0.209. The van der Waals surface area contributed by atoms with Crippen molar-refractivity contribution in [3.8, 4) is 0 Å². The number of para-hydroxylation sites is 1. The molecule has 2 amide bonds. The molecular weight excluding hydrogens is 250 g/mol. The molecule has 1 aromatic carbocycles.